The van der Waals surface area contributed by atoms with Crippen LogP contribution in [0.3, 0.4) is 0 Å². The third-order valence-electron chi connectivity index (χ3n) is 4.34. The largest absolute Gasteiger partial charge is 0.462 e. The number of benzene rings is 1. The number of furan rings is 1. The van der Waals surface area contributed by atoms with Gasteiger partial charge in [0.2, 0.25) is 5.91 Å². The minimum absolute atomic E-state index is 0.0324. The van der Waals surface area contributed by atoms with Crippen LogP contribution in [0.25, 0.3) is 10.8 Å². The zero-order chi connectivity index (χ0) is 16.4. The second kappa shape index (κ2) is 6.61. The molecule has 1 aliphatic rings. The van der Waals surface area contributed by atoms with Crippen LogP contribution in [-0.2, 0) is 11.2 Å². The SMILES string of the molecule is O=C(Cc1csc(-c2ccco2)n1)NC[C@@H]1C[C@@H]1c1ccccc1. The fourth-order valence-corrected chi connectivity index (χ4v) is 3.74. The first-order valence-electron chi connectivity index (χ1n) is 8.09. The van der Waals surface area contributed by atoms with E-state index in [2.05, 4.69) is 34.6 Å². The molecule has 1 fully saturated rings. The molecule has 3 aromatic rings. The zero-order valence-electron chi connectivity index (χ0n) is 13.1. The maximum atomic E-state index is 12.1. The van der Waals surface area contributed by atoms with Crippen LogP contribution in [0, 0.1) is 5.92 Å². The topological polar surface area (TPSA) is 55.1 Å². The quantitative estimate of drug-likeness (QED) is 0.742. The molecule has 5 heteroatoms. The van der Waals surface area contributed by atoms with E-state index in [0.29, 0.717) is 18.3 Å². The Morgan fingerprint density at radius 1 is 1.25 bits per heavy atom. The highest BCUT2D eigenvalue weighted by Gasteiger charge is 2.37. The van der Waals surface area contributed by atoms with Crippen molar-refractivity contribution in [3.63, 3.8) is 0 Å². The van der Waals surface area contributed by atoms with Crippen LogP contribution < -0.4 is 5.32 Å². The lowest BCUT2D eigenvalue weighted by molar-refractivity contribution is -0.120. The number of nitrogens with one attached hydrogen (secondary N) is 1. The highest BCUT2D eigenvalue weighted by Crippen LogP contribution is 2.46. The van der Waals surface area contributed by atoms with Gasteiger partial charge in [-0.2, -0.15) is 0 Å². The Morgan fingerprint density at radius 2 is 2.12 bits per heavy atom. The fraction of sp³-hybridized carbons (Fsp3) is 0.263. The minimum Gasteiger partial charge on any atom is -0.462 e. The summed E-state index contributed by atoms with van der Waals surface area (Å²) in [5.74, 6) is 1.93. The van der Waals surface area contributed by atoms with Crippen molar-refractivity contribution in [2.75, 3.05) is 6.54 Å². The Balaban J connectivity index is 1.26. The van der Waals surface area contributed by atoms with E-state index in [1.54, 1.807) is 6.26 Å². The van der Waals surface area contributed by atoms with E-state index >= 15 is 0 Å². The lowest BCUT2D eigenvalue weighted by Crippen LogP contribution is -2.27. The van der Waals surface area contributed by atoms with Gasteiger partial charge in [-0.15, -0.1) is 11.3 Å². The number of thiazole rings is 1. The molecule has 0 spiro atoms. The minimum atomic E-state index is 0.0324. The number of rotatable bonds is 6. The lowest BCUT2D eigenvalue weighted by Gasteiger charge is -2.04. The van der Waals surface area contributed by atoms with Gasteiger partial charge in [-0.05, 0) is 36.0 Å². The molecular formula is C19H18N2O2S. The third-order valence-corrected chi connectivity index (χ3v) is 5.24. The lowest BCUT2D eigenvalue weighted by atomic mass is 10.1. The van der Waals surface area contributed by atoms with Crippen LogP contribution in [-0.4, -0.2) is 17.4 Å². The van der Waals surface area contributed by atoms with E-state index in [-0.39, 0.29) is 5.91 Å². The van der Waals surface area contributed by atoms with E-state index in [1.165, 1.54) is 16.9 Å². The molecule has 0 bridgehead atoms. The third kappa shape index (κ3) is 3.41. The van der Waals surface area contributed by atoms with E-state index in [0.717, 1.165) is 29.4 Å². The van der Waals surface area contributed by atoms with Crippen molar-refractivity contribution >= 4 is 17.2 Å². The van der Waals surface area contributed by atoms with Gasteiger partial charge in [0.25, 0.3) is 0 Å². The summed E-state index contributed by atoms with van der Waals surface area (Å²) in [6.45, 7) is 0.744. The highest BCUT2D eigenvalue weighted by atomic mass is 32.1. The summed E-state index contributed by atoms with van der Waals surface area (Å²) in [4.78, 5) is 16.6. The summed E-state index contributed by atoms with van der Waals surface area (Å²) in [7, 11) is 0. The molecule has 1 aliphatic carbocycles. The van der Waals surface area contributed by atoms with E-state index < -0.39 is 0 Å². The van der Waals surface area contributed by atoms with Crippen molar-refractivity contribution in [2.24, 2.45) is 5.92 Å². The summed E-state index contributed by atoms with van der Waals surface area (Å²) in [6, 6.07) is 14.2. The predicted octanol–water partition coefficient (Wildman–Crippen LogP) is 3.87. The van der Waals surface area contributed by atoms with Crippen LogP contribution in [0.5, 0.6) is 0 Å². The van der Waals surface area contributed by atoms with E-state index in [1.807, 2.05) is 23.6 Å². The number of carbonyl (C=O) groups is 1. The number of carbonyl (C=O) groups excluding carboxylic acids is 1. The number of hydrogen-bond donors (Lipinski definition) is 1. The molecule has 4 rings (SSSR count). The van der Waals surface area contributed by atoms with Gasteiger partial charge in [0.05, 0.1) is 18.4 Å². The number of aromatic nitrogens is 1. The second-order valence-electron chi connectivity index (χ2n) is 6.12. The molecule has 0 aliphatic heterocycles. The predicted molar refractivity (Wildman–Crippen MR) is 93.8 cm³/mol. The molecule has 122 valence electrons. The Labute approximate surface area is 144 Å². The summed E-state index contributed by atoms with van der Waals surface area (Å²) in [5.41, 5.74) is 2.17. The summed E-state index contributed by atoms with van der Waals surface area (Å²) in [5, 5.41) is 5.77. The summed E-state index contributed by atoms with van der Waals surface area (Å²) in [6.07, 6.45) is 3.10. The first-order chi connectivity index (χ1) is 11.8. The molecule has 1 saturated carbocycles. The van der Waals surface area contributed by atoms with E-state index in [4.69, 9.17) is 4.42 Å². The molecule has 2 heterocycles. The maximum Gasteiger partial charge on any atom is 0.226 e. The molecule has 0 saturated heterocycles. The molecule has 2 atom stereocenters. The van der Waals surface area contributed by atoms with Gasteiger partial charge < -0.3 is 9.73 Å². The van der Waals surface area contributed by atoms with Gasteiger partial charge in [0.1, 0.15) is 0 Å². The average Bonchev–Trinajstić information content (AvgIpc) is 2.99. The molecule has 1 amide bonds. The van der Waals surface area contributed by atoms with Crippen LogP contribution in [0.4, 0.5) is 0 Å². The number of amides is 1. The Hall–Kier alpha value is -2.40. The maximum absolute atomic E-state index is 12.1. The zero-order valence-corrected chi connectivity index (χ0v) is 14.0. The Kier molecular flexibility index (Phi) is 4.17. The fourth-order valence-electron chi connectivity index (χ4n) is 2.96. The number of nitrogens with zero attached hydrogens (tertiary/aromatic N) is 1. The van der Waals surface area contributed by atoms with Crippen LogP contribution in [0.2, 0.25) is 0 Å². The van der Waals surface area contributed by atoms with Crippen molar-refractivity contribution < 1.29 is 9.21 Å². The van der Waals surface area contributed by atoms with Crippen LogP contribution in [0.1, 0.15) is 23.6 Å². The number of hydrogen-bond acceptors (Lipinski definition) is 4. The molecule has 2 aromatic heterocycles. The standard InChI is InChI=1S/C19H18N2O2S/c22-18(10-15-12-24-19(21-15)17-7-4-8-23-17)20-11-14-9-16(14)13-5-2-1-3-6-13/h1-8,12,14,16H,9-11H2,(H,20,22)/t14-,16+/m0/s1. The first-order valence-corrected chi connectivity index (χ1v) is 8.97. The van der Waals surface area contributed by atoms with Crippen LogP contribution >= 0.6 is 11.3 Å². The summed E-state index contributed by atoms with van der Waals surface area (Å²) >= 11 is 1.50. The molecular weight excluding hydrogens is 320 g/mol. The van der Waals surface area contributed by atoms with Gasteiger partial charge in [0, 0.05) is 11.9 Å². The molecule has 1 N–H and O–H groups in total. The van der Waals surface area contributed by atoms with Gasteiger partial charge in [-0.3, -0.25) is 4.79 Å². The van der Waals surface area contributed by atoms with Crippen molar-refractivity contribution in [3.8, 4) is 10.8 Å². The summed E-state index contributed by atoms with van der Waals surface area (Å²) < 4.78 is 5.33. The first kappa shape index (κ1) is 15.1. The molecule has 0 radical (unpaired) electrons. The van der Waals surface area contributed by atoms with Gasteiger partial charge in [0.15, 0.2) is 10.8 Å². The van der Waals surface area contributed by atoms with Crippen LogP contribution in [0.15, 0.2) is 58.5 Å². The molecule has 24 heavy (non-hydrogen) atoms. The molecule has 4 nitrogen and oxygen atoms in total. The Morgan fingerprint density at radius 3 is 2.92 bits per heavy atom. The average molecular weight is 338 g/mol. The van der Waals surface area contributed by atoms with Gasteiger partial charge in [-0.25, -0.2) is 4.98 Å². The molecule has 1 aromatic carbocycles. The van der Waals surface area contributed by atoms with Gasteiger partial charge >= 0.3 is 0 Å². The normalized spacial score (nSPS) is 19.2. The molecule has 0 unspecified atom stereocenters. The highest BCUT2D eigenvalue weighted by molar-refractivity contribution is 7.13. The van der Waals surface area contributed by atoms with Crippen molar-refractivity contribution in [1.29, 1.82) is 0 Å². The van der Waals surface area contributed by atoms with Crippen molar-refractivity contribution in [3.05, 3.63) is 65.4 Å². The Bertz CT molecular complexity index is 811. The van der Waals surface area contributed by atoms with Crippen molar-refractivity contribution in [1.82, 2.24) is 10.3 Å². The van der Waals surface area contributed by atoms with E-state index in [9.17, 15) is 4.79 Å². The second-order valence-corrected chi connectivity index (χ2v) is 6.97. The van der Waals surface area contributed by atoms with Crippen molar-refractivity contribution in [2.45, 2.75) is 18.8 Å². The smallest absolute Gasteiger partial charge is 0.226 e. The van der Waals surface area contributed by atoms with Gasteiger partial charge in [-0.1, -0.05) is 30.3 Å². The monoisotopic (exact) mass is 338 g/mol.